The molecule has 2 aliphatic heterocycles. The van der Waals surface area contributed by atoms with Gasteiger partial charge in [0.1, 0.15) is 5.82 Å². The topological polar surface area (TPSA) is 50.8 Å². The molecule has 0 spiro atoms. The van der Waals surface area contributed by atoms with E-state index in [1.807, 2.05) is 18.2 Å². The van der Waals surface area contributed by atoms with Crippen molar-refractivity contribution in [3.63, 3.8) is 0 Å². The van der Waals surface area contributed by atoms with Crippen LogP contribution in [-0.2, 0) is 11.3 Å². The molecular formula is C21H24ClFN2O3. The lowest BCUT2D eigenvalue weighted by atomic mass is 9.91. The fourth-order valence-electron chi connectivity index (χ4n) is 3.72. The highest BCUT2D eigenvalue weighted by atomic mass is 35.5. The molecule has 1 N–H and O–H groups in total. The van der Waals surface area contributed by atoms with Crippen molar-refractivity contribution in [2.75, 3.05) is 18.2 Å². The summed E-state index contributed by atoms with van der Waals surface area (Å²) in [6, 6.07) is 12.1. The highest BCUT2D eigenvalue weighted by molar-refractivity contribution is 5.95. The third-order valence-corrected chi connectivity index (χ3v) is 5.15. The molecule has 1 saturated heterocycles. The zero-order valence-corrected chi connectivity index (χ0v) is 16.5. The number of ether oxygens (including phenoxy) is 2. The van der Waals surface area contributed by atoms with E-state index in [0.717, 1.165) is 24.9 Å². The van der Waals surface area contributed by atoms with E-state index in [4.69, 9.17) is 9.47 Å². The quantitative estimate of drug-likeness (QED) is 0.836. The predicted molar refractivity (Wildman–Crippen MR) is 108 cm³/mol. The Morgan fingerprint density at radius 2 is 1.93 bits per heavy atom. The Balaban J connectivity index is 0.00000225. The first-order chi connectivity index (χ1) is 13.1. The van der Waals surface area contributed by atoms with Crippen LogP contribution >= 0.6 is 12.4 Å². The Morgan fingerprint density at radius 3 is 2.68 bits per heavy atom. The zero-order valence-electron chi connectivity index (χ0n) is 15.7. The number of fused-ring (bicyclic) bond motifs is 1. The molecule has 1 fully saturated rings. The number of piperidine rings is 1. The van der Waals surface area contributed by atoms with Crippen molar-refractivity contribution in [3.8, 4) is 11.5 Å². The van der Waals surface area contributed by atoms with Crippen molar-refractivity contribution >= 4 is 24.0 Å². The largest absolute Gasteiger partial charge is 0.454 e. The number of benzene rings is 2. The Labute approximate surface area is 170 Å². The summed E-state index contributed by atoms with van der Waals surface area (Å²) < 4.78 is 24.2. The van der Waals surface area contributed by atoms with Gasteiger partial charge in [0.05, 0.1) is 6.54 Å². The van der Waals surface area contributed by atoms with E-state index in [2.05, 4.69) is 12.2 Å². The lowest BCUT2D eigenvalue weighted by molar-refractivity contribution is -0.123. The second-order valence-electron chi connectivity index (χ2n) is 7.16. The van der Waals surface area contributed by atoms with Gasteiger partial charge in [-0.3, -0.25) is 4.79 Å². The highest BCUT2D eigenvalue weighted by Crippen LogP contribution is 2.33. The second-order valence-corrected chi connectivity index (χ2v) is 7.16. The van der Waals surface area contributed by atoms with Gasteiger partial charge in [-0.05, 0) is 68.3 Å². The lowest BCUT2D eigenvalue weighted by Crippen LogP contribution is -2.44. The van der Waals surface area contributed by atoms with Crippen molar-refractivity contribution in [1.82, 2.24) is 5.32 Å². The van der Waals surface area contributed by atoms with Crippen LogP contribution in [0.2, 0.25) is 0 Å². The number of carbonyl (C=O) groups excluding carboxylic acids is 1. The molecule has 7 heteroatoms. The summed E-state index contributed by atoms with van der Waals surface area (Å²) in [5.41, 5.74) is 1.64. The van der Waals surface area contributed by atoms with E-state index < -0.39 is 0 Å². The Morgan fingerprint density at radius 1 is 1.18 bits per heavy atom. The average Bonchev–Trinajstić information content (AvgIpc) is 3.14. The first-order valence-electron chi connectivity index (χ1n) is 9.29. The fourth-order valence-corrected chi connectivity index (χ4v) is 3.72. The Bertz CT molecular complexity index is 831. The highest BCUT2D eigenvalue weighted by Gasteiger charge is 2.29. The molecule has 1 amide bonds. The van der Waals surface area contributed by atoms with Crippen LogP contribution in [0.1, 0.15) is 25.3 Å². The number of hydrogen-bond donors (Lipinski definition) is 1. The molecule has 28 heavy (non-hydrogen) atoms. The third-order valence-electron chi connectivity index (χ3n) is 5.15. The molecule has 0 bridgehead atoms. The van der Waals surface area contributed by atoms with Crippen molar-refractivity contribution in [3.05, 3.63) is 53.8 Å². The maximum Gasteiger partial charge on any atom is 0.231 e. The smallest absolute Gasteiger partial charge is 0.231 e. The second kappa shape index (κ2) is 8.80. The van der Waals surface area contributed by atoms with Crippen LogP contribution in [0, 0.1) is 11.7 Å². The lowest BCUT2D eigenvalue weighted by Gasteiger charge is -2.32. The van der Waals surface area contributed by atoms with Crippen LogP contribution < -0.4 is 19.7 Å². The standard InChI is InChI=1S/C21H23FN2O3.ClH/c1-14-10-16(8-9-23-14)21(25)24(18-5-3-17(22)4-6-18)12-15-2-7-19-20(11-15)27-13-26-19;/h2-7,11,14,16,23H,8-10,12-13H2,1H3;1H/t14-,16-;/m0./s1. The SMILES string of the molecule is C[C@H]1C[C@@H](C(=O)N(Cc2ccc3c(c2)OCO3)c2ccc(F)cc2)CCN1.Cl. The molecular weight excluding hydrogens is 383 g/mol. The summed E-state index contributed by atoms with van der Waals surface area (Å²) in [6.45, 7) is 3.55. The molecule has 150 valence electrons. The Kier molecular flexibility index (Phi) is 6.42. The minimum atomic E-state index is -0.315. The molecule has 2 heterocycles. The van der Waals surface area contributed by atoms with Gasteiger partial charge in [0.15, 0.2) is 11.5 Å². The van der Waals surface area contributed by atoms with Crippen LogP contribution in [0.5, 0.6) is 11.5 Å². The van der Waals surface area contributed by atoms with Gasteiger partial charge in [0.25, 0.3) is 0 Å². The van der Waals surface area contributed by atoms with Gasteiger partial charge in [-0.1, -0.05) is 6.07 Å². The van der Waals surface area contributed by atoms with E-state index in [1.54, 1.807) is 17.0 Å². The van der Waals surface area contributed by atoms with E-state index >= 15 is 0 Å². The number of hydrogen-bond acceptors (Lipinski definition) is 4. The summed E-state index contributed by atoms with van der Waals surface area (Å²) in [5.74, 6) is 1.12. The molecule has 0 unspecified atom stereocenters. The van der Waals surface area contributed by atoms with Gasteiger partial charge < -0.3 is 19.7 Å². The zero-order chi connectivity index (χ0) is 18.8. The molecule has 4 rings (SSSR count). The van der Waals surface area contributed by atoms with Gasteiger partial charge in [0.2, 0.25) is 12.7 Å². The first-order valence-corrected chi connectivity index (χ1v) is 9.29. The van der Waals surface area contributed by atoms with Crippen LogP contribution in [0.15, 0.2) is 42.5 Å². The first kappa shape index (κ1) is 20.4. The molecule has 0 aromatic heterocycles. The molecule has 2 aromatic carbocycles. The van der Waals surface area contributed by atoms with Gasteiger partial charge in [-0.2, -0.15) is 0 Å². The predicted octanol–water partition coefficient (Wildman–Crippen LogP) is 3.90. The molecule has 5 nitrogen and oxygen atoms in total. The molecule has 0 saturated carbocycles. The molecule has 2 atom stereocenters. The van der Waals surface area contributed by atoms with Crippen LogP contribution in [0.25, 0.3) is 0 Å². The van der Waals surface area contributed by atoms with Crippen molar-refractivity contribution in [2.45, 2.75) is 32.4 Å². The molecule has 2 aliphatic rings. The van der Waals surface area contributed by atoms with E-state index in [-0.39, 0.29) is 36.8 Å². The van der Waals surface area contributed by atoms with Gasteiger partial charge in [0, 0.05) is 17.6 Å². The monoisotopic (exact) mass is 406 g/mol. The summed E-state index contributed by atoms with van der Waals surface area (Å²) in [5, 5.41) is 3.38. The normalized spacial score (nSPS) is 20.4. The van der Waals surface area contributed by atoms with Crippen LogP contribution in [-0.4, -0.2) is 25.3 Å². The molecule has 0 aliphatic carbocycles. The molecule has 2 aromatic rings. The number of anilines is 1. The van der Waals surface area contributed by atoms with Crippen molar-refractivity contribution < 1.29 is 18.7 Å². The van der Waals surface area contributed by atoms with Crippen molar-refractivity contribution in [2.24, 2.45) is 5.92 Å². The summed E-state index contributed by atoms with van der Waals surface area (Å²) in [6.07, 6.45) is 1.61. The number of nitrogens with zero attached hydrogens (tertiary/aromatic N) is 1. The summed E-state index contributed by atoms with van der Waals surface area (Å²) in [7, 11) is 0. The minimum Gasteiger partial charge on any atom is -0.454 e. The number of amides is 1. The fraction of sp³-hybridized carbons (Fsp3) is 0.381. The number of halogens is 2. The number of nitrogens with one attached hydrogen (secondary N) is 1. The van der Waals surface area contributed by atoms with Gasteiger partial charge in [-0.25, -0.2) is 4.39 Å². The number of carbonyl (C=O) groups is 1. The average molecular weight is 407 g/mol. The van der Waals surface area contributed by atoms with E-state index in [1.165, 1.54) is 12.1 Å². The maximum atomic E-state index is 13.4. The molecule has 0 radical (unpaired) electrons. The van der Waals surface area contributed by atoms with Crippen LogP contribution in [0.3, 0.4) is 0 Å². The number of rotatable bonds is 4. The third kappa shape index (κ3) is 4.39. The Hall–Kier alpha value is -2.31. The van der Waals surface area contributed by atoms with E-state index in [9.17, 15) is 9.18 Å². The minimum absolute atomic E-state index is 0. The van der Waals surface area contributed by atoms with Gasteiger partial charge in [-0.15, -0.1) is 12.4 Å². The van der Waals surface area contributed by atoms with Crippen LogP contribution in [0.4, 0.5) is 10.1 Å². The van der Waals surface area contributed by atoms with E-state index in [0.29, 0.717) is 29.8 Å². The maximum absolute atomic E-state index is 13.4. The van der Waals surface area contributed by atoms with Crippen molar-refractivity contribution in [1.29, 1.82) is 0 Å². The van der Waals surface area contributed by atoms with Gasteiger partial charge >= 0.3 is 0 Å². The summed E-state index contributed by atoms with van der Waals surface area (Å²) >= 11 is 0. The summed E-state index contributed by atoms with van der Waals surface area (Å²) in [4.78, 5) is 15.1.